The summed E-state index contributed by atoms with van der Waals surface area (Å²) in [6, 6.07) is 27.5. The van der Waals surface area contributed by atoms with Crippen LogP contribution in [0, 0.1) is 0 Å². The normalized spacial score (nSPS) is 13.2. The predicted molar refractivity (Wildman–Crippen MR) is 101 cm³/mol. The third-order valence-electron chi connectivity index (χ3n) is 4.37. The Morgan fingerprint density at radius 2 is 1.36 bits per heavy atom. The van der Waals surface area contributed by atoms with Crippen LogP contribution in [0.5, 0.6) is 5.75 Å². The summed E-state index contributed by atoms with van der Waals surface area (Å²) in [7, 11) is 1.64. The summed E-state index contributed by atoms with van der Waals surface area (Å²) in [5.74, 6) is 0.774. The molecule has 1 atom stereocenters. The molecule has 0 radical (unpaired) electrons. The molecule has 3 nitrogen and oxygen atoms in total. The highest BCUT2D eigenvalue weighted by Gasteiger charge is 2.31. The van der Waals surface area contributed by atoms with Crippen LogP contribution in [0.4, 0.5) is 0 Å². The largest absolute Gasteiger partial charge is 0.497 e. The molecule has 25 heavy (non-hydrogen) atoms. The highest BCUT2D eigenvalue weighted by molar-refractivity contribution is 5.39. The molecule has 3 aromatic carbocycles. The van der Waals surface area contributed by atoms with E-state index < -0.39 is 5.60 Å². The third-order valence-corrected chi connectivity index (χ3v) is 4.37. The molecule has 0 bridgehead atoms. The van der Waals surface area contributed by atoms with Gasteiger partial charge in [-0.3, -0.25) is 0 Å². The molecule has 1 unspecified atom stereocenters. The Morgan fingerprint density at radius 3 is 1.96 bits per heavy atom. The monoisotopic (exact) mass is 333 g/mol. The van der Waals surface area contributed by atoms with Crippen molar-refractivity contribution in [3.05, 3.63) is 102 Å². The van der Waals surface area contributed by atoms with Crippen molar-refractivity contribution in [1.82, 2.24) is 5.32 Å². The molecule has 0 saturated heterocycles. The lowest BCUT2D eigenvalue weighted by Crippen LogP contribution is -2.39. The molecular weight excluding hydrogens is 310 g/mol. The van der Waals surface area contributed by atoms with Gasteiger partial charge in [-0.1, -0.05) is 72.8 Å². The maximum Gasteiger partial charge on any atom is 0.127 e. The zero-order valence-corrected chi connectivity index (χ0v) is 14.4. The van der Waals surface area contributed by atoms with E-state index in [1.165, 1.54) is 5.56 Å². The molecule has 0 aliphatic rings. The van der Waals surface area contributed by atoms with E-state index in [2.05, 4.69) is 17.4 Å². The molecule has 3 rings (SSSR count). The first-order valence-electron chi connectivity index (χ1n) is 8.39. The smallest absolute Gasteiger partial charge is 0.127 e. The summed E-state index contributed by atoms with van der Waals surface area (Å²) >= 11 is 0. The van der Waals surface area contributed by atoms with Crippen molar-refractivity contribution in [1.29, 1.82) is 0 Å². The van der Waals surface area contributed by atoms with Gasteiger partial charge in [0.2, 0.25) is 0 Å². The van der Waals surface area contributed by atoms with Gasteiger partial charge in [0.1, 0.15) is 11.4 Å². The lowest BCUT2D eigenvalue weighted by Gasteiger charge is -2.30. The van der Waals surface area contributed by atoms with Crippen molar-refractivity contribution in [2.75, 3.05) is 13.7 Å². The third kappa shape index (κ3) is 4.08. The van der Waals surface area contributed by atoms with E-state index in [1.807, 2.05) is 72.8 Å². The Hall–Kier alpha value is -2.62. The summed E-state index contributed by atoms with van der Waals surface area (Å²) in [5.41, 5.74) is 1.77. The van der Waals surface area contributed by atoms with Gasteiger partial charge in [0, 0.05) is 13.1 Å². The number of ether oxygens (including phenoxy) is 1. The Balaban J connectivity index is 1.83. The second-order valence-electron chi connectivity index (χ2n) is 6.04. The fourth-order valence-electron chi connectivity index (χ4n) is 2.94. The topological polar surface area (TPSA) is 41.5 Å². The minimum absolute atomic E-state index is 0.415. The number of benzene rings is 3. The molecule has 3 aromatic rings. The van der Waals surface area contributed by atoms with Crippen molar-refractivity contribution in [2.45, 2.75) is 12.1 Å². The van der Waals surface area contributed by atoms with Crippen molar-refractivity contribution in [3.8, 4) is 5.75 Å². The average molecular weight is 333 g/mol. The Morgan fingerprint density at radius 1 is 0.800 bits per heavy atom. The summed E-state index contributed by atoms with van der Waals surface area (Å²) in [5, 5.41) is 14.9. The Bertz CT molecular complexity index is 772. The van der Waals surface area contributed by atoms with E-state index in [4.69, 9.17) is 4.74 Å². The van der Waals surface area contributed by atoms with Crippen LogP contribution in [0.25, 0.3) is 0 Å². The molecule has 0 heterocycles. The molecular formula is C22H23NO2. The van der Waals surface area contributed by atoms with E-state index in [9.17, 15) is 5.11 Å². The Kier molecular flexibility index (Phi) is 5.49. The van der Waals surface area contributed by atoms with Gasteiger partial charge in [0.05, 0.1) is 7.11 Å². The highest BCUT2D eigenvalue weighted by Crippen LogP contribution is 2.30. The number of hydrogen-bond donors (Lipinski definition) is 2. The maximum absolute atomic E-state index is 11.5. The number of methoxy groups -OCH3 is 1. The lowest BCUT2D eigenvalue weighted by molar-refractivity contribution is 0.0796. The van der Waals surface area contributed by atoms with Crippen LogP contribution in [-0.2, 0) is 12.1 Å². The number of nitrogens with one attached hydrogen (secondary N) is 1. The van der Waals surface area contributed by atoms with Crippen molar-refractivity contribution in [2.24, 2.45) is 0 Å². The number of aliphatic hydroxyl groups is 1. The molecule has 3 heteroatoms. The first kappa shape index (κ1) is 17.2. The van der Waals surface area contributed by atoms with Gasteiger partial charge in [0.25, 0.3) is 0 Å². The van der Waals surface area contributed by atoms with Crippen molar-refractivity contribution < 1.29 is 9.84 Å². The highest BCUT2D eigenvalue weighted by atomic mass is 16.5. The van der Waals surface area contributed by atoms with Crippen LogP contribution in [0.3, 0.4) is 0 Å². The molecule has 0 aliphatic carbocycles. The molecule has 0 amide bonds. The van der Waals surface area contributed by atoms with Gasteiger partial charge < -0.3 is 15.2 Å². The minimum atomic E-state index is -1.11. The molecule has 0 saturated carbocycles. The fraction of sp³-hybridized carbons (Fsp3) is 0.182. The van der Waals surface area contributed by atoms with Crippen LogP contribution in [0.2, 0.25) is 0 Å². The van der Waals surface area contributed by atoms with Crippen LogP contribution in [0.1, 0.15) is 16.7 Å². The predicted octanol–water partition coefficient (Wildman–Crippen LogP) is 3.72. The second kappa shape index (κ2) is 7.97. The van der Waals surface area contributed by atoms with Crippen LogP contribution in [-0.4, -0.2) is 18.8 Å². The van der Waals surface area contributed by atoms with E-state index in [-0.39, 0.29) is 0 Å². The fourth-order valence-corrected chi connectivity index (χ4v) is 2.94. The quantitative estimate of drug-likeness (QED) is 0.692. The van der Waals surface area contributed by atoms with Crippen LogP contribution >= 0.6 is 0 Å². The summed E-state index contributed by atoms with van der Waals surface area (Å²) < 4.78 is 5.23. The van der Waals surface area contributed by atoms with E-state index in [0.29, 0.717) is 13.1 Å². The summed E-state index contributed by atoms with van der Waals surface area (Å²) in [6.45, 7) is 1.12. The molecule has 0 aliphatic heterocycles. The zero-order valence-electron chi connectivity index (χ0n) is 14.4. The van der Waals surface area contributed by atoms with E-state index in [0.717, 1.165) is 16.9 Å². The second-order valence-corrected chi connectivity index (χ2v) is 6.04. The van der Waals surface area contributed by atoms with Gasteiger partial charge in [-0.05, 0) is 28.8 Å². The van der Waals surface area contributed by atoms with Gasteiger partial charge in [-0.15, -0.1) is 0 Å². The molecule has 128 valence electrons. The molecule has 2 N–H and O–H groups in total. The van der Waals surface area contributed by atoms with E-state index in [1.54, 1.807) is 7.11 Å². The number of hydrogen-bond acceptors (Lipinski definition) is 3. The first-order chi connectivity index (χ1) is 12.2. The van der Waals surface area contributed by atoms with Gasteiger partial charge in [-0.25, -0.2) is 0 Å². The summed E-state index contributed by atoms with van der Waals surface area (Å²) in [4.78, 5) is 0. The molecule has 0 spiro atoms. The maximum atomic E-state index is 11.5. The van der Waals surface area contributed by atoms with Crippen molar-refractivity contribution in [3.63, 3.8) is 0 Å². The standard InChI is InChI=1S/C22H23NO2/c1-25-21-14-12-20(13-15-21)22(24,19-10-6-3-7-11-19)17-23-16-18-8-4-2-5-9-18/h2-15,23-24H,16-17H2,1H3. The van der Waals surface area contributed by atoms with Gasteiger partial charge >= 0.3 is 0 Å². The SMILES string of the molecule is COc1ccc(C(O)(CNCc2ccccc2)c2ccccc2)cc1. The zero-order chi connectivity index (χ0) is 17.5. The van der Waals surface area contributed by atoms with Gasteiger partial charge in [0.15, 0.2) is 0 Å². The molecule has 0 fully saturated rings. The summed E-state index contributed by atoms with van der Waals surface area (Å²) in [6.07, 6.45) is 0. The lowest BCUT2D eigenvalue weighted by atomic mass is 9.86. The average Bonchev–Trinajstić information content (AvgIpc) is 2.69. The van der Waals surface area contributed by atoms with E-state index >= 15 is 0 Å². The van der Waals surface area contributed by atoms with Crippen molar-refractivity contribution >= 4 is 0 Å². The Labute approximate surface area is 148 Å². The minimum Gasteiger partial charge on any atom is -0.497 e. The number of rotatable bonds is 7. The van der Waals surface area contributed by atoms with Gasteiger partial charge in [-0.2, -0.15) is 0 Å². The molecule has 0 aromatic heterocycles. The first-order valence-corrected chi connectivity index (χ1v) is 8.39. The van der Waals surface area contributed by atoms with Crippen LogP contribution in [0.15, 0.2) is 84.9 Å². The van der Waals surface area contributed by atoms with Crippen LogP contribution < -0.4 is 10.1 Å².